The Balaban J connectivity index is 1.59. The molecule has 122 valence electrons. The largest absolute Gasteiger partial charge is 0.496 e. The second-order valence-electron chi connectivity index (χ2n) is 4.83. The summed E-state index contributed by atoms with van der Waals surface area (Å²) >= 11 is 0. The molecule has 3 rings (SSSR count). The lowest BCUT2D eigenvalue weighted by atomic mass is 10.1. The highest BCUT2D eigenvalue weighted by Gasteiger charge is 2.16. The topological polar surface area (TPSA) is 103 Å². The van der Waals surface area contributed by atoms with E-state index in [2.05, 4.69) is 25.4 Å². The number of rotatable bonds is 6. The monoisotopic (exact) mass is 325 g/mol. The van der Waals surface area contributed by atoms with Crippen LogP contribution in [0.5, 0.6) is 5.75 Å². The number of amides is 1. The summed E-state index contributed by atoms with van der Waals surface area (Å²) < 4.78 is 10.2. The standard InChI is InChI=1S/C16H15N5O3/c1-23-13-5-3-2-4-11(13)6-7-19-15(22)16-20-14(21-24-16)12-10-17-8-9-18-12/h2-5,8-10H,6-7H2,1H3,(H,19,22). The number of hydrogen-bond acceptors (Lipinski definition) is 7. The van der Waals surface area contributed by atoms with E-state index in [9.17, 15) is 4.79 Å². The summed E-state index contributed by atoms with van der Waals surface area (Å²) in [4.78, 5) is 24.0. The van der Waals surface area contributed by atoms with Gasteiger partial charge in [0, 0.05) is 18.9 Å². The summed E-state index contributed by atoms with van der Waals surface area (Å²) in [6.07, 6.45) is 5.17. The Bertz CT molecular complexity index is 819. The Morgan fingerprint density at radius 3 is 2.96 bits per heavy atom. The average molecular weight is 325 g/mol. The van der Waals surface area contributed by atoms with Gasteiger partial charge >= 0.3 is 11.8 Å². The lowest BCUT2D eigenvalue weighted by Crippen LogP contribution is -2.26. The van der Waals surface area contributed by atoms with E-state index in [1.165, 1.54) is 18.6 Å². The smallest absolute Gasteiger partial charge is 0.316 e. The van der Waals surface area contributed by atoms with Gasteiger partial charge in [0.2, 0.25) is 5.82 Å². The van der Waals surface area contributed by atoms with Crippen molar-refractivity contribution in [1.29, 1.82) is 0 Å². The van der Waals surface area contributed by atoms with Gasteiger partial charge in [-0.1, -0.05) is 23.4 Å². The SMILES string of the molecule is COc1ccccc1CCNC(=O)c1nc(-c2cnccn2)no1. The number of carbonyl (C=O) groups excluding carboxylic acids is 1. The minimum absolute atomic E-state index is 0.115. The maximum atomic E-state index is 12.1. The molecule has 0 aliphatic carbocycles. The number of aromatic nitrogens is 4. The fourth-order valence-electron chi connectivity index (χ4n) is 2.13. The maximum absolute atomic E-state index is 12.1. The van der Waals surface area contributed by atoms with E-state index in [1.807, 2.05) is 24.3 Å². The molecule has 0 saturated carbocycles. The number of methoxy groups -OCH3 is 1. The quantitative estimate of drug-likeness (QED) is 0.732. The number of ether oxygens (including phenoxy) is 1. The second kappa shape index (κ2) is 7.32. The molecule has 24 heavy (non-hydrogen) atoms. The van der Waals surface area contributed by atoms with Crippen molar-refractivity contribution in [3.8, 4) is 17.3 Å². The summed E-state index contributed by atoms with van der Waals surface area (Å²) in [6.45, 7) is 0.419. The molecule has 8 nitrogen and oxygen atoms in total. The van der Waals surface area contributed by atoms with Crippen LogP contribution in [0, 0.1) is 0 Å². The number of carbonyl (C=O) groups is 1. The summed E-state index contributed by atoms with van der Waals surface area (Å²) in [5, 5.41) is 6.47. The lowest BCUT2D eigenvalue weighted by molar-refractivity contribution is 0.0910. The van der Waals surface area contributed by atoms with Gasteiger partial charge in [-0.25, -0.2) is 4.98 Å². The van der Waals surface area contributed by atoms with E-state index in [0.717, 1.165) is 11.3 Å². The fourth-order valence-corrected chi connectivity index (χ4v) is 2.13. The zero-order valence-electron chi connectivity index (χ0n) is 13.0. The third-order valence-corrected chi connectivity index (χ3v) is 3.28. The average Bonchev–Trinajstić information content (AvgIpc) is 3.13. The van der Waals surface area contributed by atoms with Gasteiger partial charge in [0.25, 0.3) is 0 Å². The zero-order chi connectivity index (χ0) is 16.8. The highest BCUT2D eigenvalue weighted by Crippen LogP contribution is 2.17. The van der Waals surface area contributed by atoms with E-state index in [4.69, 9.17) is 9.26 Å². The first-order valence-corrected chi connectivity index (χ1v) is 7.28. The molecule has 8 heteroatoms. The van der Waals surface area contributed by atoms with Crippen LogP contribution in [0.4, 0.5) is 0 Å². The van der Waals surface area contributed by atoms with E-state index in [1.54, 1.807) is 7.11 Å². The molecule has 0 fully saturated rings. The van der Waals surface area contributed by atoms with Gasteiger partial charge in [-0.15, -0.1) is 0 Å². The Labute approximate surface area is 137 Å². The molecule has 3 aromatic rings. The van der Waals surface area contributed by atoms with E-state index in [0.29, 0.717) is 18.7 Å². The first-order valence-electron chi connectivity index (χ1n) is 7.28. The van der Waals surface area contributed by atoms with Crippen molar-refractivity contribution in [3.05, 3.63) is 54.3 Å². The minimum atomic E-state index is -0.437. The number of benzene rings is 1. The molecular weight excluding hydrogens is 310 g/mol. The highest BCUT2D eigenvalue weighted by atomic mass is 16.5. The molecule has 0 unspecified atom stereocenters. The van der Waals surface area contributed by atoms with Gasteiger partial charge in [-0.3, -0.25) is 9.78 Å². The molecule has 0 bridgehead atoms. The van der Waals surface area contributed by atoms with Gasteiger partial charge < -0.3 is 14.6 Å². The Morgan fingerprint density at radius 2 is 2.17 bits per heavy atom. The molecule has 0 radical (unpaired) electrons. The summed E-state index contributed by atoms with van der Waals surface area (Å²) in [5.74, 6) is 0.454. The number of hydrogen-bond donors (Lipinski definition) is 1. The molecular formula is C16H15N5O3. The van der Waals surface area contributed by atoms with Crippen molar-refractivity contribution in [2.45, 2.75) is 6.42 Å². The van der Waals surface area contributed by atoms with Crippen LogP contribution in [0.25, 0.3) is 11.5 Å². The summed E-state index contributed by atoms with van der Waals surface area (Å²) in [6, 6.07) is 7.64. The van der Waals surface area contributed by atoms with E-state index < -0.39 is 5.91 Å². The molecule has 0 saturated heterocycles. The van der Waals surface area contributed by atoms with Gasteiger partial charge in [0.15, 0.2) is 0 Å². The fraction of sp³-hybridized carbons (Fsp3) is 0.188. The Hall–Kier alpha value is -3.29. The molecule has 0 atom stereocenters. The van der Waals surface area contributed by atoms with Gasteiger partial charge in [-0.2, -0.15) is 4.98 Å². The van der Waals surface area contributed by atoms with Crippen LogP contribution >= 0.6 is 0 Å². The van der Waals surface area contributed by atoms with Crippen molar-refractivity contribution < 1.29 is 14.1 Å². The van der Waals surface area contributed by atoms with Crippen molar-refractivity contribution >= 4 is 5.91 Å². The van der Waals surface area contributed by atoms with Crippen LogP contribution in [-0.4, -0.2) is 39.7 Å². The van der Waals surface area contributed by atoms with E-state index >= 15 is 0 Å². The molecule has 0 aliphatic rings. The van der Waals surface area contributed by atoms with Crippen molar-refractivity contribution in [2.24, 2.45) is 0 Å². The molecule has 1 N–H and O–H groups in total. The third-order valence-electron chi connectivity index (χ3n) is 3.28. The Morgan fingerprint density at radius 1 is 1.29 bits per heavy atom. The first-order chi connectivity index (χ1) is 11.8. The number of para-hydroxylation sites is 1. The second-order valence-corrected chi connectivity index (χ2v) is 4.83. The first kappa shape index (κ1) is 15.6. The lowest BCUT2D eigenvalue weighted by Gasteiger charge is -2.07. The highest BCUT2D eigenvalue weighted by molar-refractivity contribution is 5.89. The summed E-state index contributed by atoms with van der Waals surface area (Å²) in [7, 11) is 1.61. The zero-order valence-corrected chi connectivity index (χ0v) is 13.0. The summed E-state index contributed by atoms with van der Waals surface area (Å²) in [5.41, 5.74) is 1.44. The van der Waals surface area contributed by atoms with Crippen LogP contribution in [0.2, 0.25) is 0 Å². The molecule has 2 heterocycles. The van der Waals surface area contributed by atoms with Gasteiger partial charge in [0.05, 0.1) is 13.3 Å². The van der Waals surface area contributed by atoms with Crippen LogP contribution in [0.1, 0.15) is 16.2 Å². The molecule has 0 aliphatic heterocycles. The van der Waals surface area contributed by atoms with Crippen LogP contribution in [-0.2, 0) is 6.42 Å². The van der Waals surface area contributed by atoms with Crippen LogP contribution < -0.4 is 10.1 Å². The van der Waals surface area contributed by atoms with Gasteiger partial charge in [0.1, 0.15) is 11.4 Å². The van der Waals surface area contributed by atoms with Crippen molar-refractivity contribution in [3.63, 3.8) is 0 Å². The minimum Gasteiger partial charge on any atom is -0.496 e. The molecule has 1 amide bonds. The maximum Gasteiger partial charge on any atom is 0.316 e. The van der Waals surface area contributed by atoms with Crippen LogP contribution in [0.15, 0.2) is 47.4 Å². The van der Waals surface area contributed by atoms with Crippen LogP contribution in [0.3, 0.4) is 0 Å². The predicted molar refractivity (Wildman–Crippen MR) is 84.4 cm³/mol. The third kappa shape index (κ3) is 3.54. The van der Waals surface area contributed by atoms with E-state index in [-0.39, 0.29) is 11.7 Å². The number of nitrogens with zero attached hydrogens (tertiary/aromatic N) is 4. The molecule has 2 aromatic heterocycles. The van der Waals surface area contributed by atoms with Gasteiger partial charge in [-0.05, 0) is 18.1 Å². The predicted octanol–water partition coefficient (Wildman–Crippen LogP) is 1.51. The number of nitrogens with one attached hydrogen (secondary N) is 1. The van der Waals surface area contributed by atoms with Crippen molar-refractivity contribution in [1.82, 2.24) is 25.4 Å². The molecule has 1 aromatic carbocycles. The molecule has 0 spiro atoms. The van der Waals surface area contributed by atoms with Crippen molar-refractivity contribution in [2.75, 3.05) is 13.7 Å². The normalized spacial score (nSPS) is 10.4. The Kier molecular flexibility index (Phi) is 4.76.